The molecule has 102 valence electrons. The molecule has 18 heavy (non-hydrogen) atoms. The summed E-state index contributed by atoms with van der Waals surface area (Å²) in [6, 6.07) is 0.438. The van der Waals surface area contributed by atoms with Crippen LogP contribution in [0.2, 0.25) is 0 Å². The predicted molar refractivity (Wildman–Crippen MR) is 73.5 cm³/mol. The zero-order valence-electron chi connectivity index (χ0n) is 11.4. The summed E-state index contributed by atoms with van der Waals surface area (Å²) in [7, 11) is 0. The third kappa shape index (κ3) is 2.07. The second kappa shape index (κ2) is 4.40. The summed E-state index contributed by atoms with van der Waals surface area (Å²) in [6.07, 6.45) is 6.85. The fourth-order valence-corrected chi connectivity index (χ4v) is 4.69. The number of carbonyl (C=O) groups excluding carboxylic acids is 1. The predicted octanol–water partition coefficient (Wildman–Crippen LogP) is 3.19. The van der Waals surface area contributed by atoms with Crippen molar-refractivity contribution in [1.29, 1.82) is 0 Å². The molecule has 2 nitrogen and oxygen atoms in total. The molecule has 0 atom stereocenters. The highest BCUT2D eigenvalue weighted by molar-refractivity contribution is 6.19. The van der Waals surface area contributed by atoms with E-state index in [1.165, 1.54) is 32.1 Å². The van der Waals surface area contributed by atoms with Crippen LogP contribution in [-0.2, 0) is 4.79 Å². The Labute approximate surface area is 115 Å². The van der Waals surface area contributed by atoms with Gasteiger partial charge in [0.15, 0.2) is 0 Å². The number of rotatable bonds is 3. The van der Waals surface area contributed by atoms with Crippen LogP contribution in [0.5, 0.6) is 0 Å². The molecule has 4 aliphatic rings. The summed E-state index contributed by atoms with van der Waals surface area (Å²) in [5.74, 6) is 3.96. The molecule has 0 heterocycles. The molecule has 0 aliphatic heterocycles. The zero-order valence-corrected chi connectivity index (χ0v) is 12.2. The molecule has 0 aromatic carbocycles. The van der Waals surface area contributed by atoms with Crippen molar-refractivity contribution < 1.29 is 4.79 Å². The number of hydrogen-bond acceptors (Lipinski definition) is 1. The average molecular weight is 270 g/mol. The van der Waals surface area contributed by atoms with Crippen LogP contribution in [0.15, 0.2) is 0 Å². The molecule has 4 aliphatic carbocycles. The molecule has 0 radical (unpaired) electrons. The van der Waals surface area contributed by atoms with E-state index in [0.29, 0.717) is 11.9 Å². The van der Waals surface area contributed by atoms with Crippen molar-refractivity contribution in [2.75, 3.05) is 5.88 Å². The molecule has 0 aromatic rings. The summed E-state index contributed by atoms with van der Waals surface area (Å²) in [5, 5.41) is 3.33. The SMILES string of the molecule is CC(C)(CCl)C(=O)NC1C2CC3CC(C2)CC1C3. The fourth-order valence-electron chi connectivity index (χ4n) is 4.57. The highest BCUT2D eigenvalue weighted by Crippen LogP contribution is 2.53. The second-order valence-corrected chi connectivity index (χ2v) is 7.71. The van der Waals surface area contributed by atoms with Crippen molar-refractivity contribution in [3.05, 3.63) is 0 Å². The fraction of sp³-hybridized carbons (Fsp3) is 0.933. The van der Waals surface area contributed by atoms with Crippen LogP contribution in [0.4, 0.5) is 0 Å². The van der Waals surface area contributed by atoms with Crippen molar-refractivity contribution in [3.8, 4) is 0 Å². The van der Waals surface area contributed by atoms with Gasteiger partial charge in [0.1, 0.15) is 0 Å². The first-order valence-corrected chi connectivity index (χ1v) is 7.90. The lowest BCUT2D eigenvalue weighted by Gasteiger charge is -2.54. The van der Waals surface area contributed by atoms with E-state index in [-0.39, 0.29) is 5.91 Å². The first-order chi connectivity index (χ1) is 8.49. The topological polar surface area (TPSA) is 29.1 Å². The molecular weight excluding hydrogens is 246 g/mol. The van der Waals surface area contributed by atoms with E-state index in [4.69, 9.17) is 11.6 Å². The minimum atomic E-state index is -0.434. The average Bonchev–Trinajstić information content (AvgIpc) is 2.32. The van der Waals surface area contributed by atoms with E-state index in [0.717, 1.165) is 23.7 Å². The first-order valence-electron chi connectivity index (χ1n) is 7.36. The van der Waals surface area contributed by atoms with E-state index in [1.807, 2.05) is 13.8 Å². The van der Waals surface area contributed by atoms with Crippen molar-refractivity contribution in [1.82, 2.24) is 5.32 Å². The Hall–Kier alpha value is -0.240. The first kappa shape index (κ1) is 12.8. The third-order valence-electron chi connectivity index (χ3n) is 5.47. The zero-order chi connectivity index (χ0) is 12.9. The van der Waals surface area contributed by atoms with Gasteiger partial charge in [-0.15, -0.1) is 11.6 Å². The number of amides is 1. The number of carbonyl (C=O) groups is 1. The van der Waals surface area contributed by atoms with Crippen LogP contribution in [0.1, 0.15) is 46.0 Å². The monoisotopic (exact) mass is 269 g/mol. The van der Waals surface area contributed by atoms with E-state index < -0.39 is 5.41 Å². The molecule has 4 fully saturated rings. The van der Waals surface area contributed by atoms with Gasteiger partial charge < -0.3 is 5.32 Å². The van der Waals surface area contributed by atoms with E-state index in [1.54, 1.807) is 0 Å². The van der Waals surface area contributed by atoms with Gasteiger partial charge in [-0.05, 0) is 69.6 Å². The Balaban J connectivity index is 1.69. The number of hydrogen-bond donors (Lipinski definition) is 1. The standard InChI is InChI=1S/C15H24ClNO/c1-15(2,8-16)14(18)17-13-11-4-9-3-10(6-11)7-12(13)5-9/h9-13H,3-8H2,1-2H3,(H,17,18). The van der Waals surface area contributed by atoms with Gasteiger partial charge in [-0.2, -0.15) is 0 Å². The Bertz CT molecular complexity index is 324. The van der Waals surface area contributed by atoms with Crippen molar-refractivity contribution in [2.24, 2.45) is 29.1 Å². The van der Waals surface area contributed by atoms with Crippen LogP contribution < -0.4 is 5.32 Å². The lowest BCUT2D eigenvalue weighted by atomic mass is 9.54. The Kier molecular flexibility index (Phi) is 3.12. The second-order valence-electron chi connectivity index (χ2n) is 7.45. The Morgan fingerprint density at radius 1 is 1.11 bits per heavy atom. The van der Waals surface area contributed by atoms with Crippen LogP contribution in [0.25, 0.3) is 0 Å². The minimum Gasteiger partial charge on any atom is -0.352 e. The van der Waals surface area contributed by atoms with Crippen molar-refractivity contribution in [3.63, 3.8) is 0 Å². The van der Waals surface area contributed by atoms with Crippen molar-refractivity contribution >= 4 is 17.5 Å². The lowest BCUT2D eigenvalue weighted by molar-refractivity contribution is -0.132. The van der Waals surface area contributed by atoms with E-state index in [9.17, 15) is 4.79 Å². The van der Waals surface area contributed by atoms with Gasteiger partial charge in [-0.3, -0.25) is 4.79 Å². The Morgan fingerprint density at radius 3 is 2.06 bits per heavy atom. The van der Waals surface area contributed by atoms with Crippen LogP contribution >= 0.6 is 11.6 Å². The van der Waals surface area contributed by atoms with E-state index >= 15 is 0 Å². The van der Waals surface area contributed by atoms with Gasteiger partial charge in [0.2, 0.25) is 5.91 Å². The number of alkyl halides is 1. The van der Waals surface area contributed by atoms with Crippen LogP contribution in [0.3, 0.4) is 0 Å². The van der Waals surface area contributed by atoms with Crippen molar-refractivity contribution in [2.45, 2.75) is 52.0 Å². The maximum atomic E-state index is 12.3. The third-order valence-corrected chi connectivity index (χ3v) is 6.14. The molecule has 4 rings (SSSR count). The van der Waals surface area contributed by atoms with Gasteiger partial charge in [0.25, 0.3) is 0 Å². The summed E-state index contributed by atoms with van der Waals surface area (Å²) < 4.78 is 0. The molecule has 1 N–H and O–H groups in total. The maximum absolute atomic E-state index is 12.3. The Morgan fingerprint density at radius 2 is 1.61 bits per heavy atom. The van der Waals surface area contributed by atoms with Gasteiger partial charge in [0, 0.05) is 11.9 Å². The van der Waals surface area contributed by atoms with Gasteiger partial charge in [0.05, 0.1) is 5.41 Å². The molecule has 1 amide bonds. The largest absolute Gasteiger partial charge is 0.352 e. The molecule has 3 heteroatoms. The minimum absolute atomic E-state index is 0.148. The summed E-state index contributed by atoms with van der Waals surface area (Å²) in [6.45, 7) is 3.87. The van der Waals surface area contributed by atoms with Gasteiger partial charge in [-0.25, -0.2) is 0 Å². The molecule has 4 bridgehead atoms. The molecule has 0 aromatic heterocycles. The maximum Gasteiger partial charge on any atom is 0.227 e. The summed E-state index contributed by atoms with van der Waals surface area (Å²) in [4.78, 5) is 12.3. The summed E-state index contributed by atoms with van der Waals surface area (Å²) in [5.41, 5.74) is -0.434. The molecule has 0 unspecified atom stereocenters. The highest BCUT2D eigenvalue weighted by Gasteiger charge is 2.49. The van der Waals surface area contributed by atoms with Crippen LogP contribution in [-0.4, -0.2) is 17.8 Å². The molecule has 4 saturated carbocycles. The smallest absolute Gasteiger partial charge is 0.227 e. The normalized spacial score (nSPS) is 42.1. The number of nitrogens with one attached hydrogen (secondary N) is 1. The van der Waals surface area contributed by atoms with Gasteiger partial charge >= 0.3 is 0 Å². The number of halogens is 1. The summed E-state index contributed by atoms with van der Waals surface area (Å²) >= 11 is 5.90. The van der Waals surface area contributed by atoms with E-state index in [2.05, 4.69) is 5.32 Å². The quantitative estimate of drug-likeness (QED) is 0.784. The van der Waals surface area contributed by atoms with Gasteiger partial charge in [-0.1, -0.05) is 0 Å². The molecular formula is C15H24ClNO. The molecule has 0 saturated heterocycles. The highest BCUT2D eigenvalue weighted by atomic mass is 35.5. The molecule has 0 spiro atoms. The lowest BCUT2D eigenvalue weighted by Crippen LogP contribution is -2.57. The van der Waals surface area contributed by atoms with Crippen LogP contribution in [0, 0.1) is 29.1 Å².